The molecule has 5 aromatic rings. The number of nitrogens with zero attached hydrogens (tertiary/aromatic N) is 4. The second kappa shape index (κ2) is 21.5. The van der Waals surface area contributed by atoms with E-state index in [1.165, 1.54) is 36.4 Å². The van der Waals surface area contributed by atoms with Gasteiger partial charge in [0.1, 0.15) is 0 Å². The molecule has 24 heteroatoms. The van der Waals surface area contributed by atoms with Crippen LogP contribution in [0.1, 0.15) is 56.8 Å². The summed E-state index contributed by atoms with van der Waals surface area (Å²) in [5, 5.41) is 24.8. The van der Waals surface area contributed by atoms with E-state index in [0.29, 0.717) is 23.3 Å². The van der Waals surface area contributed by atoms with Gasteiger partial charge in [0.25, 0.3) is 23.6 Å². The Hall–Kier alpha value is -6.74. The Morgan fingerprint density at radius 1 is 0.485 bits per heavy atom. The molecule has 0 bridgehead atoms. The van der Waals surface area contributed by atoms with Crippen molar-refractivity contribution in [2.75, 3.05) is 21.3 Å². The molecule has 5 rings (SSSR count). The first kappa shape index (κ1) is 52.2. The van der Waals surface area contributed by atoms with E-state index in [1.807, 2.05) is 0 Å². The van der Waals surface area contributed by atoms with Gasteiger partial charge in [0.15, 0.2) is 11.6 Å². The van der Waals surface area contributed by atoms with Crippen LogP contribution in [0.2, 0.25) is 20.1 Å². The number of hydrogen-bond acceptors (Lipinski definition) is 10. The molecule has 68 heavy (non-hydrogen) atoms. The fourth-order valence-electron chi connectivity index (χ4n) is 5.89. The number of benzene rings is 5. The zero-order valence-electron chi connectivity index (χ0n) is 35.3. The quantitative estimate of drug-likeness (QED) is 0.0484. The summed E-state index contributed by atoms with van der Waals surface area (Å²) in [7, 11) is 0. The number of hydrogen-bond donors (Lipinski definition) is 4. The van der Waals surface area contributed by atoms with Crippen LogP contribution in [-0.2, 0) is 31.5 Å². The predicted molar refractivity (Wildman–Crippen MR) is 243 cm³/mol. The average molecular weight is 1020 g/mol. The van der Waals surface area contributed by atoms with Crippen LogP contribution in [0, 0.1) is 13.8 Å². The van der Waals surface area contributed by atoms with Crippen molar-refractivity contribution in [1.82, 2.24) is 0 Å². The lowest BCUT2D eigenvalue weighted by atomic mass is 10.0. The van der Waals surface area contributed by atoms with E-state index in [9.17, 15) is 55.1 Å². The molecule has 5 aromatic carbocycles. The van der Waals surface area contributed by atoms with Gasteiger partial charge in [0, 0.05) is 32.5 Å². The Kier molecular flexibility index (Phi) is 16.5. The normalized spacial score (nSPS) is 12.7. The standard InChI is InChI=1S/C44H32Cl4F6N8O6/c1-19-20(2)34(56-42(68)38(22(4)64)62-60-30-14-24(12-28(46)18-30)40(66)58-36-16-26(44(52,53)54)6-8-32(36)48)10-9-33(19)55-41(67)37(21(3)63)61-59-29-13-23(11-27(45)17-29)39(65)57-35-15-25(43(49,50)51)5-7-31(35)47/h5-18,37-38H,1-4H3,(H,55,67)(H,56,68)(H,57,65)(H,58,66). The van der Waals surface area contributed by atoms with E-state index in [2.05, 4.69) is 41.7 Å². The first-order valence-corrected chi connectivity index (χ1v) is 20.7. The minimum Gasteiger partial charge on any atom is -0.324 e. The number of anilines is 4. The minimum absolute atomic E-state index is 0.0497. The molecule has 0 saturated carbocycles. The molecule has 0 spiro atoms. The average Bonchev–Trinajstić information content (AvgIpc) is 3.23. The van der Waals surface area contributed by atoms with Crippen molar-refractivity contribution in [3.63, 3.8) is 0 Å². The number of Topliss-reactive ketones (excluding diaryl/α,β-unsaturated/α-hetero) is 2. The van der Waals surface area contributed by atoms with Gasteiger partial charge in [0.05, 0.1) is 43.9 Å². The molecule has 4 amide bonds. The van der Waals surface area contributed by atoms with Gasteiger partial charge >= 0.3 is 12.4 Å². The molecule has 0 aromatic heterocycles. The number of ketones is 2. The summed E-state index contributed by atoms with van der Waals surface area (Å²) < 4.78 is 79.5. The molecule has 0 saturated heterocycles. The first-order valence-electron chi connectivity index (χ1n) is 19.2. The second-order valence-corrected chi connectivity index (χ2v) is 16.2. The van der Waals surface area contributed by atoms with Crippen LogP contribution in [-0.4, -0.2) is 47.3 Å². The van der Waals surface area contributed by atoms with Crippen LogP contribution in [0.3, 0.4) is 0 Å². The maximum Gasteiger partial charge on any atom is 0.416 e. The molecule has 4 N–H and O–H groups in total. The van der Waals surface area contributed by atoms with Crippen LogP contribution in [0.15, 0.2) is 105 Å². The van der Waals surface area contributed by atoms with Crippen molar-refractivity contribution in [1.29, 1.82) is 0 Å². The van der Waals surface area contributed by atoms with Crippen molar-refractivity contribution < 1.29 is 55.1 Å². The number of carbonyl (C=O) groups excluding carboxylic acids is 6. The topological polar surface area (TPSA) is 200 Å². The summed E-state index contributed by atoms with van der Waals surface area (Å²) >= 11 is 24.3. The van der Waals surface area contributed by atoms with Crippen molar-refractivity contribution in [3.8, 4) is 0 Å². The van der Waals surface area contributed by atoms with Gasteiger partial charge in [-0.1, -0.05) is 46.4 Å². The van der Waals surface area contributed by atoms with Gasteiger partial charge in [-0.05, 0) is 124 Å². The smallest absolute Gasteiger partial charge is 0.324 e. The van der Waals surface area contributed by atoms with Crippen LogP contribution >= 0.6 is 46.4 Å². The van der Waals surface area contributed by atoms with Gasteiger partial charge < -0.3 is 21.3 Å². The molecular weight excluding hydrogens is 992 g/mol. The first-order chi connectivity index (χ1) is 31.7. The largest absolute Gasteiger partial charge is 0.416 e. The van der Waals surface area contributed by atoms with Crippen LogP contribution < -0.4 is 21.3 Å². The fraction of sp³-hybridized carbons (Fsp3) is 0.182. The molecule has 2 atom stereocenters. The maximum atomic E-state index is 13.4. The predicted octanol–water partition coefficient (Wildman–Crippen LogP) is 12.8. The molecule has 0 aliphatic heterocycles. The summed E-state index contributed by atoms with van der Waals surface area (Å²) in [5.41, 5.74) is -2.18. The monoisotopic (exact) mass is 1020 g/mol. The molecule has 14 nitrogen and oxygen atoms in total. The van der Waals surface area contributed by atoms with Crippen LogP contribution in [0.5, 0.6) is 0 Å². The summed E-state index contributed by atoms with van der Waals surface area (Å²) in [6.45, 7) is 5.29. The molecule has 0 fully saturated rings. The Balaban J connectivity index is 1.27. The number of halogens is 10. The lowest BCUT2D eigenvalue weighted by Gasteiger charge is -2.17. The number of amides is 4. The number of rotatable bonds is 14. The van der Waals surface area contributed by atoms with E-state index >= 15 is 0 Å². The van der Waals surface area contributed by atoms with E-state index in [-0.39, 0.29) is 65.3 Å². The number of carbonyl (C=O) groups is 6. The minimum atomic E-state index is -4.71. The zero-order chi connectivity index (χ0) is 50.4. The van der Waals surface area contributed by atoms with E-state index in [0.717, 1.165) is 50.2 Å². The van der Waals surface area contributed by atoms with Gasteiger partial charge in [-0.25, -0.2) is 0 Å². The number of alkyl halides is 6. The van der Waals surface area contributed by atoms with Crippen molar-refractivity contribution >= 4 is 116 Å². The molecule has 2 unspecified atom stereocenters. The molecule has 0 aliphatic rings. The third-order valence-corrected chi connectivity index (χ3v) is 10.6. The SMILES string of the molecule is CC(=O)C(N=Nc1cc(Cl)cc(C(=O)Nc2cc(C(F)(F)F)ccc2Cl)c1)C(=O)Nc1ccc(NC(=O)C(N=Nc2cc(Cl)cc(C(=O)Nc3cc(C(F)(F)F)ccc3Cl)c2)C(C)=O)c(C)c1C. The number of nitrogens with one attached hydrogen (secondary N) is 4. The van der Waals surface area contributed by atoms with E-state index in [1.54, 1.807) is 13.8 Å². The number of azo groups is 2. The maximum absolute atomic E-state index is 13.4. The van der Waals surface area contributed by atoms with Crippen molar-refractivity contribution in [3.05, 3.63) is 138 Å². The van der Waals surface area contributed by atoms with Gasteiger partial charge in [-0.15, -0.1) is 0 Å². The van der Waals surface area contributed by atoms with Crippen molar-refractivity contribution in [2.24, 2.45) is 20.5 Å². The highest BCUT2D eigenvalue weighted by atomic mass is 35.5. The van der Waals surface area contributed by atoms with Gasteiger partial charge in [-0.3, -0.25) is 28.8 Å². The molecule has 0 heterocycles. The summed E-state index contributed by atoms with van der Waals surface area (Å²) in [6, 6.07) is 11.2. The lowest BCUT2D eigenvalue weighted by molar-refractivity contribution is -0.138. The van der Waals surface area contributed by atoms with E-state index in [4.69, 9.17) is 46.4 Å². The second-order valence-electron chi connectivity index (χ2n) is 14.5. The summed E-state index contributed by atoms with van der Waals surface area (Å²) in [6.07, 6.45) is -9.43. The molecular formula is C44H32Cl4F6N8O6. The summed E-state index contributed by atoms with van der Waals surface area (Å²) in [4.78, 5) is 78.0. The van der Waals surface area contributed by atoms with Gasteiger partial charge in [0.2, 0.25) is 12.1 Å². The van der Waals surface area contributed by atoms with Crippen molar-refractivity contribution in [2.45, 2.75) is 52.1 Å². The molecule has 0 aliphatic carbocycles. The fourth-order valence-corrected chi connectivity index (χ4v) is 6.68. The van der Waals surface area contributed by atoms with Gasteiger partial charge in [-0.2, -0.15) is 46.8 Å². The highest BCUT2D eigenvalue weighted by Gasteiger charge is 2.33. The Morgan fingerprint density at radius 3 is 1.16 bits per heavy atom. The van der Waals surface area contributed by atoms with E-state index < -0.39 is 70.8 Å². The summed E-state index contributed by atoms with van der Waals surface area (Å²) in [5.74, 6) is -5.18. The molecule has 0 radical (unpaired) electrons. The van der Waals surface area contributed by atoms with Crippen LogP contribution in [0.25, 0.3) is 0 Å². The third kappa shape index (κ3) is 13.5. The molecule has 354 valence electrons. The zero-order valence-corrected chi connectivity index (χ0v) is 38.3. The lowest BCUT2D eigenvalue weighted by Crippen LogP contribution is -2.33. The highest BCUT2D eigenvalue weighted by molar-refractivity contribution is 6.35. The Bertz CT molecular complexity index is 2740. The van der Waals surface area contributed by atoms with Crippen LogP contribution in [0.4, 0.5) is 60.5 Å². The Morgan fingerprint density at radius 2 is 0.838 bits per heavy atom. The third-order valence-electron chi connectivity index (χ3n) is 9.52. The highest BCUT2D eigenvalue weighted by Crippen LogP contribution is 2.36. The Labute approximate surface area is 401 Å².